The van der Waals surface area contributed by atoms with E-state index in [-0.39, 0.29) is 5.54 Å². The third kappa shape index (κ3) is 3.25. The Morgan fingerprint density at radius 1 is 1.38 bits per heavy atom. The van der Waals surface area contributed by atoms with Gasteiger partial charge in [-0.25, -0.2) is 0 Å². The summed E-state index contributed by atoms with van der Waals surface area (Å²) in [4.78, 5) is 0.695. The summed E-state index contributed by atoms with van der Waals surface area (Å²) in [6.45, 7) is 6.02. The fourth-order valence-electron chi connectivity index (χ4n) is 1.11. The fourth-order valence-corrected chi connectivity index (χ4v) is 2.36. The molecule has 1 unspecified atom stereocenters. The van der Waals surface area contributed by atoms with E-state index in [4.69, 9.17) is 5.02 Å². The molecule has 87 valence electrons. The standard InChI is InChI=1S/C11H17BNO2S/c1-11(2,3)13(4)16(15)10-7-5-6-9(8-10)12-14/h5-8,14H,1-4H3. The molecule has 0 saturated carbocycles. The Morgan fingerprint density at radius 2 is 2.00 bits per heavy atom. The maximum atomic E-state index is 12.2. The molecular formula is C11H17BNO2S. The second kappa shape index (κ2) is 5.23. The first kappa shape index (κ1) is 13.6. The number of benzene rings is 1. The maximum absolute atomic E-state index is 12.2. The number of hydrogen-bond acceptors (Lipinski definition) is 3. The lowest BCUT2D eigenvalue weighted by Crippen LogP contribution is -2.42. The van der Waals surface area contributed by atoms with Gasteiger partial charge in [0.15, 0.2) is 4.90 Å². The van der Waals surface area contributed by atoms with Gasteiger partial charge < -0.3 is 9.58 Å². The zero-order chi connectivity index (χ0) is 12.3. The molecule has 1 N–H and O–H groups in total. The van der Waals surface area contributed by atoms with Crippen LogP contribution in [0.15, 0.2) is 29.2 Å². The topological polar surface area (TPSA) is 46.5 Å². The van der Waals surface area contributed by atoms with Crippen molar-refractivity contribution in [2.75, 3.05) is 7.05 Å². The van der Waals surface area contributed by atoms with E-state index in [0.29, 0.717) is 10.4 Å². The molecule has 0 aliphatic carbocycles. The van der Waals surface area contributed by atoms with E-state index >= 15 is 0 Å². The van der Waals surface area contributed by atoms with Gasteiger partial charge in [-0.05, 0) is 38.4 Å². The van der Waals surface area contributed by atoms with Gasteiger partial charge in [0.05, 0.1) is 16.9 Å². The largest absolute Gasteiger partial charge is 0.593 e. The molecule has 0 saturated heterocycles. The van der Waals surface area contributed by atoms with Crippen molar-refractivity contribution in [2.45, 2.75) is 31.2 Å². The zero-order valence-electron chi connectivity index (χ0n) is 10.1. The molecule has 1 atom stereocenters. The predicted octanol–water partition coefficient (Wildman–Crippen LogP) is 0.676. The van der Waals surface area contributed by atoms with Gasteiger partial charge in [0, 0.05) is 7.05 Å². The smallest absolute Gasteiger partial charge is 0.326 e. The van der Waals surface area contributed by atoms with Crippen molar-refractivity contribution in [2.24, 2.45) is 0 Å². The van der Waals surface area contributed by atoms with Crippen LogP contribution in [-0.2, 0) is 11.4 Å². The summed E-state index contributed by atoms with van der Waals surface area (Å²) in [6, 6.07) is 7.06. The van der Waals surface area contributed by atoms with E-state index < -0.39 is 11.4 Å². The summed E-state index contributed by atoms with van der Waals surface area (Å²) in [5.74, 6) is 0. The predicted molar refractivity (Wildman–Crippen MR) is 68.0 cm³/mol. The van der Waals surface area contributed by atoms with Crippen molar-refractivity contribution in [3.05, 3.63) is 24.3 Å². The van der Waals surface area contributed by atoms with Crippen LogP contribution in [0.25, 0.3) is 0 Å². The van der Waals surface area contributed by atoms with E-state index in [9.17, 15) is 4.55 Å². The molecule has 3 nitrogen and oxygen atoms in total. The molecular weight excluding hydrogens is 221 g/mol. The van der Waals surface area contributed by atoms with Crippen LogP contribution in [0.5, 0.6) is 0 Å². The molecule has 1 aromatic carbocycles. The van der Waals surface area contributed by atoms with Gasteiger partial charge in [-0.15, -0.1) is 4.31 Å². The molecule has 1 rings (SSSR count). The SMILES string of the molecule is CN([S+]([O-])c1cccc([B]O)c1)C(C)(C)C. The van der Waals surface area contributed by atoms with Crippen molar-refractivity contribution >= 4 is 24.3 Å². The van der Waals surface area contributed by atoms with E-state index in [2.05, 4.69) is 0 Å². The minimum Gasteiger partial charge on any atom is -0.593 e. The average Bonchev–Trinajstić information content (AvgIpc) is 2.26. The molecule has 0 aliphatic heterocycles. The summed E-state index contributed by atoms with van der Waals surface area (Å²) in [5.41, 5.74) is 0.497. The van der Waals surface area contributed by atoms with Crippen molar-refractivity contribution in [1.82, 2.24) is 4.31 Å². The number of hydrogen-bond donors (Lipinski definition) is 1. The summed E-state index contributed by atoms with van der Waals surface area (Å²) >= 11 is -1.21. The van der Waals surface area contributed by atoms with Gasteiger partial charge in [0.25, 0.3) is 0 Å². The highest BCUT2D eigenvalue weighted by molar-refractivity contribution is 7.89. The van der Waals surface area contributed by atoms with Crippen LogP contribution < -0.4 is 5.46 Å². The van der Waals surface area contributed by atoms with E-state index in [1.54, 1.807) is 28.6 Å². The van der Waals surface area contributed by atoms with Crippen molar-refractivity contribution in [3.63, 3.8) is 0 Å². The zero-order valence-corrected chi connectivity index (χ0v) is 10.9. The summed E-state index contributed by atoms with van der Waals surface area (Å²) in [6.07, 6.45) is 0. The lowest BCUT2D eigenvalue weighted by atomic mass is 9.89. The minimum atomic E-state index is -1.21. The lowest BCUT2D eigenvalue weighted by Gasteiger charge is -2.31. The van der Waals surface area contributed by atoms with Gasteiger partial charge in [0.1, 0.15) is 0 Å². The first-order chi connectivity index (χ1) is 7.36. The number of nitrogens with zero attached hydrogens (tertiary/aromatic N) is 1. The highest BCUT2D eigenvalue weighted by Crippen LogP contribution is 2.21. The molecule has 1 aromatic rings. The summed E-state index contributed by atoms with van der Waals surface area (Å²) < 4.78 is 14.0. The number of rotatable bonds is 3. The van der Waals surface area contributed by atoms with E-state index in [1.165, 1.54) is 0 Å². The molecule has 1 radical (unpaired) electrons. The Labute approximate surface area is 101 Å². The van der Waals surface area contributed by atoms with Gasteiger partial charge in [-0.3, -0.25) is 0 Å². The van der Waals surface area contributed by atoms with Crippen LogP contribution in [-0.4, -0.2) is 34.0 Å². The van der Waals surface area contributed by atoms with E-state index in [1.807, 2.05) is 27.8 Å². The molecule has 0 aliphatic rings. The van der Waals surface area contributed by atoms with Crippen LogP contribution in [0.2, 0.25) is 0 Å². The molecule has 0 spiro atoms. The summed E-state index contributed by atoms with van der Waals surface area (Å²) in [7, 11) is 2.84. The Kier molecular flexibility index (Phi) is 4.44. The first-order valence-electron chi connectivity index (χ1n) is 5.09. The minimum absolute atomic E-state index is 0.163. The Bertz CT molecular complexity index is 354. The van der Waals surface area contributed by atoms with Crippen molar-refractivity contribution in [1.29, 1.82) is 0 Å². The molecule has 0 amide bonds. The van der Waals surface area contributed by atoms with Crippen molar-refractivity contribution in [3.8, 4) is 0 Å². The molecule has 0 aromatic heterocycles. The van der Waals surface area contributed by atoms with Crippen LogP contribution in [0.4, 0.5) is 0 Å². The molecule has 5 heteroatoms. The van der Waals surface area contributed by atoms with Gasteiger partial charge in [-0.1, -0.05) is 12.1 Å². The van der Waals surface area contributed by atoms with Crippen molar-refractivity contribution < 1.29 is 9.58 Å². The third-order valence-corrected chi connectivity index (χ3v) is 4.10. The highest BCUT2D eigenvalue weighted by Gasteiger charge is 2.29. The monoisotopic (exact) mass is 238 g/mol. The molecule has 0 heterocycles. The highest BCUT2D eigenvalue weighted by atomic mass is 32.2. The Hall–Kier alpha value is -0.485. The fraction of sp³-hybridized carbons (Fsp3) is 0.455. The normalized spacial score (nSPS) is 13.9. The van der Waals surface area contributed by atoms with Crippen LogP contribution in [0, 0.1) is 0 Å². The van der Waals surface area contributed by atoms with Crippen LogP contribution in [0.1, 0.15) is 20.8 Å². The first-order valence-corrected chi connectivity index (χ1v) is 6.20. The average molecular weight is 238 g/mol. The maximum Gasteiger partial charge on any atom is 0.326 e. The molecule has 0 fully saturated rings. The second-order valence-corrected chi connectivity index (χ2v) is 6.14. The summed E-state index contributed by atoms with van der Waals surface area (Å²) in [5, 5.41) is 8.90. The lowest BCUT2D eigenvalue weighted by molar-refractivity contribution is 0.291. The quantitative estimate of drug-likeness (QED) is 0.622. The second-order valence-electron chi connectivity index (χ2n) is 4.62. The van der Waals surface area contributed by atoms with Gasteiger partial charge in [-0.2, -0.15) is 0 Å². The van der Waals surface area contributed by atoms with Crippen LogP contribution in [0.3, 0.4) is 0 Å². The molecule has 16 heavy (non-hydrogen) atoms. The van der Waals surface area contributed by atoms with E-state index in [0.717, 1.165) is 7.48 Å². The Balaban J connectivity index is 2.91. The van der Waals surface area contributed by atoms with Crippen LogP contribution >= 0.6 is 0 Å². The third-order valence-electron chi connectivity index (χ3n) is 2.40. The Morgan fingerprint density at radius 3 is 2.50 bits per heavy atom. The van der Waals surface area contributed by atoms with Gasteiger partial charge in [0.2, 0.25) is 0 Å². The molecule has 0 bridgehead atoms. The van der Waals surface area contributed by atoms with Gasteiger partial charge >= 0.3 is 7.48 Å².